The van der Waals surface area contributed by atoms with Crippen LogP contribution in [-0.2, 0) is 11.3 Å². The molecule has 5 nitrogen and oxygen atoms in total. The smallest absolute Gasteiger partial charge is 0.341 e. The van der Waals surface area contributed by atoms with Crippen molar-refractivity contribution in [2.24, 2.45) is 0 Å². The van der Waals surface area contributed by atoms with Gasteiger partial charge in [0.25, 0.3) is 0 Å². The first-order valence-electron chi connectivity index (χ1n) is 6.90. The molecule has 0 radical (unpaired) electrons. The maximum atomic E-state index is 12.0. The minimum atomic E-state index is -0.464. The number of rotatable bonds is 7. The summed E-state index contributed by atoms with van der Waals surface area (Å²) < 4.78 is 10.1. The number of methoxy groups -OCH3 is 1. The normalized spacial score (nSPS) is 10.2. The molecule has 23 heavy (non-hydrogen) atoms. The van der Waals surface area contributed by atoms with Crippen LogP contribution in [0.5, 0.6) is 5.75 Å². The largest absolute Gasteiger partial charge is 0.495 e. The monoisotopic (exact) mass is 354 g/mol. The van der Waals surface area contributed by atoms with Crippen molar-refractivity contribution in [1.29, 1.82) is 0 Å². The minimum Gasteiger partial charge on any atom is -0.495 e. The molecule has 1 heterocycles. The van der Waals surface area contributed by atoms with Gasteiger partial charge in [-0.25, -0.2) is 9.78 Å². The molecule has 0 aliphatic heterocycles. The van der Waals surface area contributed by atoms with E-state index in [4.69, 9.17) is 32.7 Å². The quantitative estimate of drug-likeness (QED) is 0.606. The number of aromatic nitrogens is 1. The molecule has 0 bridgehead atoms. The summed E-state index contributed by atoms with van der Waals surface area (Å²) in [5.41, 5.74) is 1.29. The molecule has 0 fully saturated rings. The number of carbonyl (C=O) groups is 1. The number of nitrogens with one attached hydrogen (secondary N) is 1. The maximum absolute atomic E-state index is 12.0. The lowest BCUT2D eigenvalue weighted by atomic mass is 10.2. The van der Waals surface area contributed by atoms with Gasteiger partial charge in [0.2, 0.25) is 0 Å². The third-order valence-corrected chi connectivity index (χ3v) is 3.46. The Morgan fingerprint density at radius 2 is 2.17 bits per heavy atom. The van der Waals surface area contributed by atoms with Crippen LogP contribution >= 0.6 is 23.2 Å². The number of alkyl halides is 1. The Morgan fingerprint density at radius 1 is 1.35 bits per heavy atom. The van der Waals surface area contributed by atoms with Gasteiger partial charge in [-0.1, -0.05) is 17.7 Å². The number of esters is 1. The summed E-state index contributed by atoms with van der Waals surface area (Å²) >= 11 is 11.6. The lowest BCUT2D eigenvalue weighted by Crippen LogP contribution is -2.12. The van der Waals surface area contributed by atoms with Crippen LogP contribution in [0.25, 0.3) is 0 Å². The summed E-state index contributed by atoms with van der Waals surface area (Å²) in [4.78, 5) is 16.2. The van der Waals surface area contributed by atoms with Crippen molar-refractivity contribution < 1.29 is 14.3 Å². The number of pyridine rings is 1. The van der Waals surface area contributed by atoms with Gasteiger partial charge in [-0.2, -0.15) is 0 Å². The lowest BCUT2D eigenvalue weighted by molar-refractivity contribution is 0.0530. The number of benzene rings is 1. The second-order valence-electron chi connectivity index (χ2n) is 4.55. The highest BCUT2D eigenvalue weighted by molar-refractivity contribution is 6.32. The third-order valence-electron chi connectivity index (χ3n) is 3.01. The molecule has 2 rings (SSSR count). The number of nitrogens with zero attached hydrogens (tertiary/aromatic N) is 1. The SMILES string of the molecule is COc1ccc(CNc2ncccc2C(=O)OCCCl)cc1Cl. The predicted octanol–water partition coefficient (Wildman–Crippen LogP) is 3.75. The lowest BCUT2D eigenvalue weighted by Gasteiger charge is -2.11. The zero-order valence-electron chi connectivity index (χ0n) is 12.5. The van der Waals surface area contributed by atoms with Crippen molar-refractivity contribution in [2.45, 2.75) is 6.54 Å². The predicted molar refractivity (Wildman–Crippen MR) is 90.6 cm³/mol. The number of hydrogen-bond donors (Lipinski definition) is 1. The van der Waals surface area contributed by atoms with Gasteiger partial charge in [0, 0.05) is 12.7 Å². The van der Waals surface area contributed by atoms with Gasteiger partial charge in [-0.05, 0) is 29.8 Å². The summed E-state index contributed by atoms with van der Waals surface area (Å²) in [6.07, 6.45) is 1.60. The van der Waals surface area contributed by atoms with E-state index in [0.29, 0.717) is 28.7 Å². The Bertz CT molecular complexity index is 680. The standard InChI is InChI=1S/C16H16Cl2N2O3/c1-22-14-5-4-11(9-13(14)18)10-20-15-12(3-2-7-19-15)16(21)23-8-6-17/h2-5,7,9H,6,8,10H2,1H3,(H,19,20). The van der Waals surface area contributed by atoms with E-state index in [1.165, 1.54) is 0 Å². The molecule has 7 heteroatoms. The summed E-state index contributed by atoms with van der Waals surface area (Å²) in [5.74, 6) is 0.839. The van der Waals surface area contributed by atoms with Crippen LogP contribution in [0, 0.1) is 0 Å². The highest BCUT2D eigenvalue weighted by atomic mass is 35.5. The number of anilines is 1. The summed E-state index contributed by atoms with van der Waals surface area (Å²) in [6, 6.07) is 8.78. The van der Waals surface area contributed by atoms with E-state index in [1.807, 2.05) is 6.07 Å². The molecule has 0 unspecified atom stereocenters. The number of halogens is 2. The number of ether oxygens (including phenoxy) is 2. The van der Waals surface area contributed by atoms with Crippen LogP contribution in [-0.4, -0.2) is 30.5 Å². The van der Waals surface area contributed by atoms with Crippen molar-refractivity contribution in [1.82, 2.24) is 4.98 Å². The molecule has 0 aliphatic carbocycles. The van der Waals surface area contributed by atoms with Gasteiger partial charge in [0.1, 0.15) is 23.7 Å². The van der Waals surface area contributed by atoms with Crippen molar-refractivity contribution in [3.63, 3.8) is 0 Å². The topological polar surface area (TPSA) is 60.5 Å². The highest BCUT2D eigenvalue weighted by Crippen LogP contribution is 2.25. The molecule has 1 aromatic heterocycles. The Labute approximate surface area is 144 Å². The molecule has 0 amide bonds. The second kappa shape index (κ2) is 8.60. The maximum Gasteiger partial charge on any atom is 0.341 e. The van der Waals surface area contributed by atoms with Crippen LogP contribution in [0.4, 0.5) is 5.82 Å². The van der Waals surface area contributed by atoms with Gasteiger partial charge in [-0.3, -0.25) is 0 Å². The zero-order chi connectivity index (χ0) is 16.7. The van der Waals surface area contributed by atoms with Crippen LogP contribution in [0.2, 0.25) is 5.02 Å². The van der Waals surface area contributed by atoms with Crippen LogP contribution in [0.15, 0.2) is 36.5 Å². The van der Waals surface area contributed by atoms with Crippen molar-refractivity contribution in [3.05, 3.63) is 52.7 Å². The van der Waals surface area contributed by atoms with Gasteiger partial charge in [0.05, 0.1) is 18.0 Å². The van der Waals surface area contributed by atoms with Crippen molar-refractivity contribution >= 4 is 35.0 Å². The van der Waals surface area contributed by atoms with Crippen LogP contribution < -0.4 is 10.1 Å². The van der Waals surface area contributed by atoms with E-state index < -0.39 is 5.97 Å². The van der Waals surface area contributed by atoms with Crippen LogP contribution in [0.3, 0.4) is 0 Å². The van der Waals surface area contributed by atoms with Gasteiger partial charge >= 0.3 is 5.97 Å². The second-order valence-corrected chi connectivity index (χ2v) is 5.33. The van der Waals surface area contributed by atoms with E-state index in [-0.39, 0.29) is 12.5 Å². The van der Waals surface area contributed by atoms with E-state index >= 15 is 0 Å². The molecule has 122 valence electrons. The molecule has 1 N–H and O–H groups in total. The van der Waals surface area contributed by atoms with Crippen molar-refractivity contribution in [2.75, 3.05) is 24.9 Å². The average Bonchev–Trinajstić information content (AvgIpc) is 2.58. The molecular weight excluding hydrogens is 339 g/mol. The molecule has 0 atom stereocenters. The number of hydrogen-bond acceptors (Lipinski definition) is 5. The fourth-order valence-electron chi connectivity index (χ4n) is 1.93. The third kappa shape index (κ3) is 4.74. The zero-order valence-corrected chi connectivity index (χ0v) is 14.0. The highest BCUT2D eigenvalue weighted by Gasteiger charge is 2.13. The molecular formula is C16H16Cl2N2O3. The summed E-state index contributed by atoms with van der Waals surface area (Å²) in [7, 11) is 1.56. The molecule has 1 aromatic carbocycles. The molecule has 0 spiro atoms. The summed E-state index contributed by atoms with van der Waals surface area (Å²) in [5, 5.41) is 3.63. The first-order chi connectivity index (χ1) is 11.2. The first-order valence-corrected chi connectivity index (χ1v) is 7.81. The number of carbonyl (C=O) groups excluding carboxylic acids is 1. The fraction of sp³-hybridized carbons (Fsp3) is 0.250. The van der Waals surface area contributed by atoms with Gasteiger partial charge < -0.3 is 14.8 Å². The van der Waals surface area contributed by atoms with E-state index in [9.17, 15) is 4.79 Å². The van der Waals surface area contributed by atoms with Gasteiger partial charge in [-0.15, -0.1) is 11.6 Å². The Hall–Kier alpha value is -1.98. The Morgan fingerprint density at radius 3 is 2.87 bits per heavy atom. The van der Waals surface area contributed by atoms with E-state index in [1.54, 1.807) is 37.6 Å². The van der Waals surface area contributed by atoms with E-state index in [0.717, 1.165) is 5.56 Å². The van der Waals surface area contributed by atoms with E-state index in [2.05, 4.69) is 10.3 Å². The summed E-state index contributed by atoms with van der Waals surface area (Å²) in [6.45, 7) is 0.610. The Kier molecular flexibility index (Phi) is 6.50. The molecule has 0 saturated heterocycles. The Balaban J connectivity index is 2.08. The van der Waals surface area contributed by atoms with Gasteiger partial charge in [0.15, 0.2) is 0 Å². The van der Waals surface area contributed by atoms with Crippen LogP contribution in [0.1, 0.15) is 15.9 Å². The fourth-order valence-corrected chi connectivity index (χ4v) is 2.28. The molecule has 2 aromatic rings. The molecule has 0 saturated carbocycles. The molecule has 0 aliphatic rings. The minimum absolute atomic E-state index is 0.156. The van der Waals surface area contributed by atoms with Crippen molar-refractivity contribution in [3.8, 4) is 5.75 Å². The average molecular weight is 355 g/mol. The first kappa shape index (κ1) is 17.4.